The quantitative estimate of drug-likeness (QED) is 0.708. The Kier molecular flexibility index (Phi) is 8.41. The lowest BCUT2D eigenvalue weighted by Gasteiger charge is -2.13. The monoisotopic (exact) mass is 388 g/mol. The second-order valence-electron chi connectivity index (χ2n) is 5.42. The van der Waals surface area contributed by atoms with Crippen molar-refractivity contribution in [3.63, 3.8) is 0 Å². The molecular weight excluding hydrogens is 369 g/mol. The number of alkyl halides is 3. The maximum atomic E-state index is 12.4. The molecule has 2 aromatic rings. The first-order valence-electron chi connectivity index (χ1n) is 7.75. The van der Waals surface area contributed by atoms with E-state index >= 15 is 0 Å². The zero-order valence-corrected chi connectivity index (χ0v) is 14.8. The van der Waals surface area contributed by atoms with E-state index in [1.165, 1.54) is 12.5 Å². The van der Waals surface area contributed by atoms with Crippen LogP contribution in [-0.2, 0) is 17.4 Å². The van der Waals surface area contributed by atoms with Gasteiger partial charge in [0.1, 0.15) is 6.04 Å². The number of hydrogen-bond acceptors (Lipinski definition) is 3. The summed E-state index contributed by atoms with van der Waals surface area (Å²) < 4.78 is 37.1. The molecule has 8 heteroatoms. The average Bonchev–Trinajstić information content (AvgIpc) is 2.55. The van der Waals surface area contributed by atoms with Gasteiger partial charge in [0, 0.05) is 5.69 Å². The smallest absolute Gasteiger partial charge is 0.417 e. The third-order valence-electron chi connectivity index (χ3n) is 3.30. The molecule has 0 aromatic heterocycles. The van der Waals surface area contributed by atoms with E-state index in [-0.39, 0.29) is 5.69 Å². The molecule has 4 N–H and O–H groups in total. The molecule has 0 spiro atoms. The number of benzene rings is 2. The second-order valence-corrected chi connectivity index (χ2v) is 5.83. The first-order valence-corrected chi connectivity index (χ1v) is 8.13. The Labute approximate surface area is 154 Å². The molecule has 0 saturated carbocycles. The Balaban J connectivity index is 0.000000314. The van der Waals surface area contributed by atoms with Crippen molar-refractivity contribution in [3.05, 3.63) is 64.7 Å². The number of carboxylic acids is 1. The van der Waals surface area contributed by atoms with Crippen molar-refractivity contribution in [1.82, 2.24) is 0 Å². The molecule has 0 aliphatic carbocycles. The molecule has 1 atom stereocenters. The molecule has 0 heterocycles. The lowest BCUT2D eigenvalue weighted by molar-refractivity contribution is -0.138. The molecule has 0 unspecified atom stereocenters. The number of nitrogens with two attached hydrogens (primary N) is 1. The molecule has 0 bridgehead atoms. The van der Waals surface area contributed by atoms with Gasteiger partial charge in [-0.05, 0) is 43.7 Å². The van der Waals surface area contributed by atoms with Gasteiger partial charge in [0.15, 0.2) is 0 Å². The largest absolute Gasteiger partial charge is 0.480 e. The molecular formula is C18H20ClF3N2O2. The number of nitrogens with one attached hydrogen (secondary N) is 1. The fourth-order valence-electron chi connectivity index (χ4n) is 1.96. The molecule has 142 valence electrons. The molecule has 0 amide bonds. The van der Waals surface area contributed by atoms with Gasteiger partial charge in [-0.25, -0.2) is 0 Å². The van der Waals surface area contributed by atoms with Crippen molar-refractivity contribution in [2.24, 2.45) is 5.73 Å². The number of halogens is 4. The van der Waals surface area contributed by atoms with Crippen LogP contribution in [0, 0.1) is 0 Å². The van der Waals surface area contributed by atoms with Gasteiger partial charge in [-0.15, -0.1) is 0 Å². The Morgan fingerprint density at radius 1 is 1.23 bits per heavy atom. The van der Waals surface area contributed by atoms with Crippen molar-refractivity contribution in [3.8, 4) is 0 Å². The van der Waals surface area contributed by atoms with Crippen LogP contribution < -0.4 is 11.1 Å². The second kappa shape index (κ2) is 10.0. The van der Waals surface area contributed by atoms with Crippen LogP contribution in [0.1, 0.15) is 18.1 Å². The van der Waals surface area contributed by atoms with Gasteiger partial charge in [0.2, 0.25) is 0 Å². The molecule has 0 fully saturated rings. The van der Waals surface area contributed by atoms with Gasteiger partial charge in [0.25, 0.3) is 0 Å². The van der Waals surface area contributed by atoms with Crippen molar-refractivity contribution in [2.75, 3.05) is 11.9 Å². The maximum absolute atomic E-state index is 12.4. The summed E-state index contributed by atoms with van der Waals surface area (Å²) in [4.78, 5) is 10.5. The normalized spacial score (nSPS) is 11.9. The first-order chi connectivity index (χ1) is 12.1. The summed E-state index contributed by atoms with van der Waals surface area (Å²) in [5.41, 5.74) is 5.95. The summed E-state index contributed by atoms with van der Waals surface area (Å²) in [6, 6.07) is 12.3. The zero-order chi connectivity index (χ0) is 19.7. The molecule has 0 aliphatic heterocycles. The van der Waals surface area contributed by atoms with E-state index in [1.54, 1.807) is 0 Å². The van der Waals surface area contributed by atoms with Gasteiger partial charge in [0.05, 0.1) is 10.6 Å². The standard InChI is InChI=1S/C10H9ClF3NO2.C8H11N/c1-5(9(16)17)15-6-2-3-7(8(11)4-6)10(12,13)14;9-7-6-8-4-2-1-3-5-8/h2-5,15H,1H3,(H,16,17);1-5H,6-7,9H2/t5-;/m1./s1. The summed E-state index contributed by atoms with van der Waals surface area (Å²) in [5.74, 6) is -1.11. The van der Waals surface area contributed by atoms with Crippen LogP contribution in [-0.4, -0.2) is 23.7 Å². The summed E-state index contributed by atoms with van der Waals surface area (Å²) >= 11 is 5.47. The van der Waals surface area contributed by atoms with Crippen molar-refractivity contribution >= 4 is 23.3 Å². The Morgan fingerprint density at radius 2 is 1.85 bits per heavy atom. The van der Waals surface area contributed by atoms with Gasteiger partial charge in [-0.1, -0.05) is 41.9 Å². The summed E-state index contributed by atoms with van der Waals surface area (Å²) in [7, 11) is 0. The third kappa shape index (κ3) is 7.33. The Hall–Kier alpha value is -2.25. The van der Waals surface area contributed by atoms with Gasteiger partial charge in [-0.2, -0.15) is 13.2 Å². The maximum Gasteiger partial charge on any atom is 0.417 e. The molecule has 4 nitrogen and oxygen atoms in total. The minimum Gasteiger partial charge on any atom is -0.480 e. The number of hydrogen-bond donors (Lipinski definition) is 3. The third-order valence-corrected chi connectivity index (χ3v) is 3.62. The minimum atomic E-state index is -4.52. The highest BCUT2D eigenvalue weighted by Crippen LogP contribution is 2.35. The molecule has 2 rings (SSSR count). The van der Waals surface area contributed by atoms with Gasteiger partial charge >= 0.3 is 12.1 Å². The van der Waals surface area contributed by atoms with E-state index < -0.39 is 28.8 Å². The number of aliphatic carboxylic acids is 1. The minimum absolute atomic E-state index is 0.220. The predicted octanol–water partition coefficient (Wildman–Crippen LogP) is 4.43. The Morgan fingerprint density at radius 3 is 2.31 bits per heavy atom. The summed E-state index contributed by atoms with van der Waals surface area (Å²) in [5, 5.41) is 10.7. The molecule has 0 saturated heterocycles. The highest BCUT2D eigenvalue weighted by atomic mass is 35.5. The molecule has 0 aliphatic rings. The fraction of sp³-hybridized carbons (Fsp3) is 0.278. The summed E-state index contributed by atoms with van der Waals surface area (Å²) in [6.07, 6.45) is -3.53. The topological polar surface area (TPSA) is 75.3 Å². The van der Waals surface area contributed by atoms with Crippen molar-refractivity contribution in [1.29, 1.82) is 0 Å². The van der Waals surface area contributed by atoms with E-state index in [0.717, 1.165) is 31.2 Å². The van der Waals surface area contributed by atoms with Crippen LogP contribution in [0.3, 0.4) is 0 Å². The van der Waals surface area contributed by atoms with Gasteiger partial charge in [-0.3, -0.25) is 4.79 Å². The van der Waals surface area contributed by atoms with E-state index in [1.807, 2.05) is 18.2 Å². The lowest BCUT2D eigenvalue weighted by Crippen LogP contribution is -2.25. The summed E-state index contributed by atoms with van der Waals surface area (Å²) in [6.45, 7) is 2.11. The van der Waals surface area contributed by atoms with Gasteiger partial charge < -0.3 is 16.2 Å². The van der Waals surface area contributed by atoms with Crippen LogP contribution in [0.5, 0.6) is 0 Å². The van der Waals surface area contributed by atoms with E-state index in [4.69, 9.17) is 22.4 Å². The highest BCUT2D eigenvalue weighted by molar-refractivity contribution is 6.31. The zero-order valence-electron chi connectivity index (χ0n) is 14.1. The average molecular weight is 389 g/mol. The van der Waals surface area contributed by atoms with E-state index in [2.05, 4.69) is 17.4 Å². The molecule has 26 heavy (non-hydrogen) atoms. The van der Waals surface area contributed by atoms with E-state index in [9.17, 15) is 18.0 Å². The van der Waals surface area contributed by atoms with Crippen LogP contribution in [0.25, 0.3) is 0 Å². The number of carbonyl (C=O) groups is 1. The first kappa shape index (κ1) is 21.8. The fourth-order valence-corrected chi connectivity index (χ4v) is 2.25. The highest BCUT2D eigenvalue weighted by Gasteiger charge is 2.33. The number of rotatable bonds is 5. The van der Waals surface area contributed by atoms with Crippen molar-refractivity contribution in [2.45, 2.75) is 25.6 Å². The van der Waals surface area contributed by atoms with Crippen molar-refractivity contribution < 1.29 is 23.1 Å². The van der Waals surface area contributed by atoms with E-state index in [0.29, 0.717) is 0 Å². The molecule has 0 radical (unpaired) electrons. The SMILES string of the molecule is C[C@@H](Nc1ccc(C(F)(F)F)c(Cl)c1)C(=O)O.NCCc1ccccc1. The van der Waals surface area contributed by atoms with Crippen LogP contribution in [0.15, 0.2) is 48.5 Å². The Bertz CT molecular complexity index is 709. The van der Waals surface area contributed by atoms with Crippen LogP contribution in [0.2, 0.25) is 5.02 Å². The number of carboxylic acid groups (broad SMARTS) is 1. The lowest BCUT2D eigenvalue weighted by atomic mass is 10.2. The molecule has 2 aromatic carbocycles. The van der Waals surface area contributed by atoms with Crippen LogP contribution in [0.4, 0.5) is 18.9 Å². The van der Waals surface area contributed by atoms with Crippen LogP contribution >= 0.6 is 11.6 Å². The number of anilines is 1. The predicted molar refractivity (Wildman–Crippen MR) is 96.4 cm³/mol.